The standard InChI is InChI=1S/C11H26N2O3P2/c1-5-14-9-17(4)10-16-7-8-18(12-3,13-17)11-15-6-2/h5-11H2,1-4H3. The molecule has 0 bridgehead atoms. The molecule has 2 atom stereocenters. The molecule has 0 aliphatic carbocycles. The van der Waals surface area contributed by atoms with Crippen LogP contribution in [0.2, 0.25) is 0 Å². The Bertz CT molecular complexity index is 358. The third kappa shape index (κ3) is 4.79. The Morgan fingerprint density at radius 3 is 2.50 bits per heavy atom. The van der Waals surface area contributed by atoms with Crippen LogP contribution in [-0.2, 0) is 14.2 Å². The Morgan fingerprint density at radius 2 is 1.89 bits per heavy atom. The molecule has 0 saturated carbocycles. The molecule has 0 aromatic heterocycles. The number of nitrogens with zero attached hydrogens (tertiary/aromatic N) is 2. The fourth-order valence-electron chi connectivity index (χ4n) is 1.82. The summed E-state index contributed by atoms with van der Waals surface area (Å²) in [6.45, 7) is 8.40. The van der Waals surface area contributed by atoms with Crippen molar-refractivity contribution in [3.05, 3.63) is 0 Å². The fourth-order valence-corrected chi connectivity index (χ4v) is 8.85. The van der Waals surface area contributed by atoms with Crippen LogP contribution in [0.15, 0.2) is 9.26 Å². The van der Waals surface area contributed by atoms with Crippen LogP contribution in [0.3, 0.4) is 0 Å². The molecule has 18 heavy (non-hydrogen) atoms. The Balaban J connectivity index is 2.97. The molecule has 7 heteroatoms. The van der Waals surface area contributed by atoms with Gasteiger partial charge in [-0.15, -0.1) is 0 Å². The van der Waals surface area contributed by atoms with Gasteiger partial charge in [-0.25, -0.2) is 0 Å². The second-order valence-electron chi connectivity index (χ2n) is 4.51. The molecule has 5 nitrogen and oxygen atoms in total. The zero-order chi connectivity index (χ0) is 13.5. The third-order valence-electron chi connectivity index (χ3n) is 2.79. The minimum absolute atomic E-state index is 0.658. The van der Waals surface area contributed by atoms with Gasteiger partial charge in [-0.3, -0.25) is 9.26 Å². The first-order valence-electron chi connectivity index (χ1n) is 6.41. The van der Waals surface area contributed by atoms with Crippen molar-refractivity contribution in [3.8, 4) is 0 Å². The van der Waals surface area contributed by atoms with Gasteiger partial charge in [0, 0.05) is 33.5 Å². The Morgan fingerprint density at radius 1 is 1.22 bits per heavy atom. The molecule has 0 N–H and O–H groups in total. The van der Waals surface area contributed by atoms with Crippen LogP contribution in [-0.4, -0.2) is 58.7 Å². The van der Waals surface area contributed by atoms with Crippen molar-refractivity contribution >= 4 is 14.3 Å². The lowest BCUT2D eigenvalue weighted by Gasteiger charge is -2.23. The zero-order valence-corrected chi connectivity index (χ0v) is 13.8. The van der Waals surface area contributed by atoms with Crippen LogP contribution in [0.5, 0.6) is 0 Å². The Kier molecular flexibility index (Phi) is 7.12. The maximum atomic E-state index is 5.73. The van der Waals surface area contributed by atoms with Crippen LogP contribution in [0.4, 0.5) is 0 Å². The van der Waals surface area contributed by atoms with Gasteiger partial charge in [0.15, 0.2) is 0 Å². The van der Waals surface area contributed by atoms with E-state index in [1.54, 1.807) is 0 Å². The molecule has 0 fully saturated rings. The van der Waals surface area contributed by atoms with E-state index < -0.39 is 14.3 Å². The number of rotatable bonds is 6. The highest BCUT2D eigenvalue weighted by Gasteiger charge is 2.26. The van der Waals surface area contributed by atoms with E-state index in [9.17, 15) is 0 Å². The monoisotopic (exact) mass is 296 g/mol. The van der Waals surface area contributed by atoms with E-state index in [0.29, 0.717) is 19.3 Å². The predicted octanol–water partition coefficient (Wildman–Crippen LogP) is 3.54. The summed E-state index contributed by atoms with van der Waals surface area (Å²) in [5, 5.41) is 0. The summed E-state index contributed by atoms with van der Waals surface area (Å²) in [7, 11) is -1.40. The second kappa shape index (κ2) is 7.81. The van der Waals surface area contributed by atoms with Crippen molar-refractivity contribution in [3.63, 3.8) is 0 Å². The molecule has 0 amide bonds. The molecule has 2 unspecified atom stereocenters. The van der Waals surface area contributed by atoms with E-state index in [4.69, 9.17) is 18.7 Å². The third-order valence-corrected chi connectivity index (χ3v) is 9.57. The lowest BCUT2D eigenvalue weighted by molar-refractivity contribution is 0.176. The van der Waals surface area contributed by atoms with Gasteiger partial charge < -0.3 is 14.2 Å². The maximum absolute atomic E-state index is 5.73. The summed E-state index contributed by atoms with van der Waals surface area (Å²) in [6, 6.07) is 0. The average Bonchev–Trinajstić information content (AvgIpc) is 2.55. The van der Waals surface area contributed by atoms with Gasteiger partial charge in [0.25, 0.3) is 0 Å². The van der Waals surface area contributed by atoms with Gasteiger partial charge in [-0.05, 0) is 20.5 Å². The summed E-state index contributed by atoms with van der Waals surface area (Å²) in [6.07, 6.45) is 2.99. The molecule has 1 aliphatic heterocycles. The maximum Gasteiger partial charge on any atom is 0.0999 e. The van der Waals surface area contributed by atoms with Crippen LogP contribution in [0, 0.1) is 0 Å². The van der Waals surface area contributed by atoms with Crippen molar-refractivity contribution in [2.24, 2.45) is 9.26 Å². The van der Waals surface area contributed by atoms with Crippen LogP contribution >= 0.6 is 14.3 Å². The van der Waals surface area contributed by atoms with E-state index in [1.165, 1.54) is 0 Å². The van der Waals surface area contributed by atoms with Crippen LogP contribution < -0.4 is 0 Å². The van der Waals surface area contributed by atoms with Crippen molar-refractivity contribution in [1.29, 1.82) is 0 Å². The number of hydrogen-bond donors (Lipinski definition) is 0. The lowest BCUT2D eigenvalue weighted by atomic mass is 10.9. The normalized spacial score (nSPS) is 32.7. The first-order valence-corrected chi connectivity index (χ1v) is 11.0. The van der Waals surface area contributed by atoms with Crippen molar-refractivity contribution in [2.75, 3.05) is 58.7 Å². The Hall–Kier alpha value is 0.340. The Labute approximate surface area is 111 Å². The summed E-state index contributed by atoms with van der Waals surface area (Å²) in [5.41, 5.74) is 0. The molecule has 0 spiro atoms. The molecule has 0 radical (unpaired) electrons. The van der Waals surface area contributed by atoms with E-state index in [2.05, 4.69) is 11.4 Å². The highest BCUT2D eigenvalue weighted by atomic mass is 31.2. The molecule has 1 heterocycles. The van der Waals surface area contributed by atoms with Gasteiger partial charge in [-0.1, -0.05) is 0 Å². The molecule has 0 aromatic rings. The van der Waals surface area contributed by atoms with E-state index in [1.807, 2.05) is 20.9 Å². The summed E-state index contributed by atoms with van der Waals surface area (Å²) < 4.78 is 26.6. The lowest BCUT2D eigenvalue weighted by Crippen LogP contribution is -2.02. The van der Waals surface area contributed by atoms with Gasteiger partial charge in [0.2, 0.25) is 0 Å². The zero-order valence-electron chi connectivity index (χ0n) is 12.0. The molecular weight excluding hydrogens is 270 g/mol. The first-order chi connectivity index (χ1) is 8.60. The van der Waals surface area contributed by atoms with Gasteiger partial charge in [0.05, 0.1) is 32.9 Å². The van der Waals surface area contributed by atoms with Gasteiger partial charge >= 0.3 is 0 Å². The molecule has 108 valence electrons. The number of ether oxygens (including phenoxy) is 3. The van der Waals surface area contributed by atoms with E-state index in [-0.39, 0.29) is 0 Å². The van der Waals surface area contributed by atoms with Crippen molar-refractivity contribution < 1.29 is 14.2 Å². The highest BCUT2D eigenvalue weighted by Crippen LogP contribution is 2.63. The van der Waals surface area contributed by atoms with Crippen LogP contribution in [0.25, 0.3) is 0 Å². The largest absolute Gasteiger partial charge is 0.376 e. The smallest absolute Gasteiger partial charge is 0.0999 e. The minimum Gasteiger partial charge on any atom is -0.376 e. The summed E-state index contributed by atoms with van der Waals surface area (Å²) >= 11 is 0. The highest BCUT2D eigenvalue weighted by molar-refractivity contribution is 7.76. The molecule has 1 rings (SSSR count). The fraction of sp³-hybridized carbons (Fsp3) is 1.00. The topological polar surface area (TPSA) is 52.4 Å². The van der Waals surface area contributed by atoms with Crippen LogP contribution in [0.1, 0.15) is 13.8 Å². The molecular formula is C11H26N2O3P2. The van der Waals surface area contributed by atoms with E-state index in [0.717, 1.165) is 25.7 Å². The van der Waals surface area contributed by atoms with Crippen molar-refractivity contribution in [2.45, 2.75) is 13.8 Å². The minimum atomic E-state index is -1.72. The predicted molar refractivity (Wildman–Crippen MR) is 79.2 cm³/mol. The van der Waals surface area contributed by atoms with Gasteiger partial charge in [0.1, 0.15) is 0 Å². The van der Waals surface area contributed by atoms with Gasteiger partial charge in [-0.2, -0.15) is 0 Å². The first kappa shape index (κ1) is 16.4. The molecule has 1 aliphatic rings. The SMILES string of the molecule is CCOCP1(C)=NP(COCC)(=NC)CCOC1. The number of hydrogen-bond acceptors (Lipinski definition) is 4. The molecule has 0 saturated heterocycles. The summed E-state index contributed by atoms with van der Waals surface area (Å²) in [5.74, 6) is 0. The summed E-state index contributed by atoms with van der Waals surface area (Å²) in [4.78, 5) is 0. The molecule has 0 aromatic carbocycles. The van der Waals surface area contributed by atoms with E-state index >= 15 is 0 Å². The second-order valence-corrected chi connectivity index (χ2v) is 11.3. The average molecular weight is 296 g/mol. The quantitative estimate of drug-likeness (QED) is 0.704. The van der Waals surface area contributed by atoms with Crippen molar-refractivity contribution in [1.82, 2.24) is 0 Å².